The molecule has 1 amide bonds. The van der Waals surface area contributed by atoms with E-state index in [-0.39, 0.29) is 43.4 Å². The Morgan fingerprint density at radius 3 is 2.34 bits per heavy atom. The SMILES string of the molecule is CCCN(CCCO)C(=O)c1sc2c(c1C(F)F)c(=O)n(CC(C)C)c(=O)n2CCOC(F)(F)F. The summed E-state index contributed by atoms with van der Waals surface area (Å²) >= 11 is 0.468. The number of hydrogen-bond acceptors (Lipinski definition) is 6. The zero-order chi connectivity index (χ0) is 26.5. The van der Waals surface area contributed by atoms with E-state index in [4.69, 9.17) is 5.11 Å². The Balaban J connectivity index is 2.81. The van der Waals surface area contributed by atoms with Crippen LogP contribution in [0.4, 0.5) is 22.0 Å². The number of nitrogens with zero attached hydrogens (tertiary/aromatic N) is 3. The highest BCUT2D eigenvalue weighted by molar-refractivity contribution is 7.20. The molecule has 0 atom stereocenters. The number of hydrogen-bond donors (Lipinski definition) is 1. The quantitative estimate of drug-likeness (QED) is 0.424. The molecule has 0 fully saturated rings. The van der Waals surface area contributed by atoms with Crippen molar-refractivity contribution in [2.75, 3.05) is 26.3 Å². The van der Waals surface area contributed by atoms with Gasteiger partial charge >= 0.3 is 12.1 Å². The van der Waals surface area contributed by atoms with E-state index in [1.807, 2.05) is 0 Å². The summed E-state index contributed by atoms with van der Waals surface area (Å²) in [6, 6.07) is 0. The molecule has 2 heterocycles. The lowest BCUT2D eigenvalue weighted by atomic mass is 10.1. The molecule has 0 aliphatic heterocycles. The number of carbonyl (C=O) groups is 1. The fraction of sp³-hybridized carbons (Fsp3) is 0.667. The number of halogens is 5. The third kappa shape index (κ3) is 6.88. The predicted molar refractivity (Wildman–Crippen MR) is 120 cm³/mol. The summed E-state index contributed by atoms with van der Waals surface area (Å²) in [5, 5.41) is 8.54. The van der Waals surface area contributed by atoms with E-state index in [0.29, 0.717) is 22.3 Å². The Hall–Kier alpha value is -2.32. The van der Waals surface area contributed by atoms with Crippen LogP contribution in [-0.4, -0.2) is 57.7 Å². The lowest BCUT2D eigenvalue weighted by Gasteiger charge is -2.21. The van der Waals surface area contributed by atoms with E-state index in [2.05, 4.69) is 4.74 Å². The van der Waals surface area contributed by atoms with Gasteiger partial charge in [0.05, 0.1) is 24.1 Å². The van der Waals surface area contributed by atoms with Crippen molar-refractivity contribution in [2.24, 2.45) is 5.92 Å². The van der Waals surface area contributed by atoms with Crippen LogP contribution >= 0.6 is 11.3 Å². The summed E-state index contributed by atoms with van der Waals surface area (Å²) in [5.74, 6) is -1.07. The molecule has 0 saturated carbocycles. The van der Waals surface area contributed by atoms with Gasteiger partial charge in [0.15, 0.2) is 0 Å². The average molecular weight is 530 g/mol. The second-order valence-electron chi connectivity index (χ2n) is 8.23. The van der Waals surface area contributed by atoms with Crippen molar-refractivity contribution in [3.63, 3.8) is 0 Å². The molecule has 198 valence electrons. The monoisotopic (exact) mass is 529 g/mol. The van der Waals surface area contributed by atoms with E-state index in [9.17, 15) is 36.3 Å². The minimum atomic E-state index is -4.98. The first-order valence-electron chi connectivity index (χ1n) is 11.0. The number of ether oxygens (including phenoxy) is 1. The Morgan fingerprint density at radius 1 is 1.17 bits per heavy atom. The maximum Gasteiger partial charge on any atom is 0.522 e. The zero-order valence-electron chi connectivity index (χ0n) is 19.5. The van der Waals surface area contributed by atoms with Crippen LogP contribution in [-0.2, 0) is 17.8 Å². The third-order valence-corrected chi connectivity index (χ3v) is 6.22. The standard InChI is InChI=1S/C21H28F5N3O5S/c1-4-6-27(7-5-9-30)18(32)15-13(16(22)23)14-17(31)29(11-12(2)3)20(33)28(19(14)35-15)8-10-34-21(24,25)26/h12,16,30H,4-11H2,1-3H3. The molecule has 2 rings (SSSR count). The Bertz CT molecular complexity index is 1140. The first-order chi connectivity index (χ1) is 16.3. The predicted octanol–water partition coefficient (Wildman–Crippen LogP) is 3.59. The molecular formula is C21H28F5N3O5S. The summed E-state index contributed by atoms with van der Waals surface area (Å²) in [5.41, 5.74) is -2.86. The summed E-state index contributed by atoms with van der Waals surface area (Å²) in [6.45, 7) is 3.31. The first-order valence-corrected chi connectivity index (χ1v) is 11.8. The maximum absolute atomic E-state index is 14.3. The van der Waals surface area contributed by atoms with E-state index < -0.39 is 58.9 Å². The zero-order valence-corrected chi connectivity index (χ0v) is 20.3. The molecule has 35 heavy (non-hydrogen) atoms. The van der Waals surface area contributed by atoms with E-state index in [1.165, 1.54) is 4.90 Å². The fourth-order valence-corrected chi connectivity index (χ4v) is 4.91. The molecule has 0 aromatic carbocycles. The molecule has 0 unspecified atom stereocenters. The summed E-state index contributed by atoms with van der Waals surface area (Å²) in [4.78, 5) is 39.8. The average Bonchev–Trinajstić information content (AvgIpc) is 3.16. The van der Waals surface area contributed by atoms with Gasteiger partial charge in [-0.05, 0) is 18.8 Å². The molecule has 0 aliphatic carbocycles. The number of alkyl halides is 5. The fourth-order valence-electron chi connectivity index (χ4n) is 3.62. The minimum Gasteiger partial charge on any atom is -0.396 e. The van der Waals surface area contributed by atoms with Crippen LogP contribution < -0.4 is 11.2 Å². The van der Waals surface area contributed by atoms with Crippen LogP contribution in [0.3, 0.4) is 0 Å². The van der Waals surface area contributed by atoms with Crippen molar-refractivity contribution in [3.8, 4) is 0 Å². The molecule has 0 bridgehead atoms. The van der Waals surface area contributed by atoms with E-state index >= 15 is 0 Å². The van der Waals surface area contributed by atoms with Crippen molar-refractivity contribution >= 4 is 27.5 Å². The molecule has 8 nitrogen and oxygen atoms in total. The van der Waals surface area contributed by atoms with Gasteiger partial charge in [0.1, 0.15) is 9.71 Å². The Labute approximate surface area is 201 Å². The minimum absolute atomic E-state index is 0.0733. The Morgan fingerprint density at radius 2 is 1.83 bits per heavy atom. The van der Waals surface area contributed by atoms with Crippen LogP contribution in [0, 0.1) is 5.92 Å². The topological polar surface area (TPSA) is 93.8 Å². The molecule has 2 aromatic rings. The lowest BCUT2D eigenvalue weighted by Crippen LogP contribution is -2.41. The van der Waals surface area contributed by atoms with Gasteiger partial charge in [0, 0.05) is 26.2 Å². The highest BCUT2D eigenvalue weighted by atomic mass is 32.1. The van der Waals surface area contributed by atoms with Gasteiger partial charge in [0.2, 0.25) is 0 Å². The normalized spacial score (nSPS) is 12.3. The number of aliphatic hydroxyl groups excluding tert-OH is 1. The molecule has 2 aromatic heterocycles. The van der Waals surface area contributed by atoms with Gasteiger partial charge in [-0.2, -0.15) is 0 Å². The third-order valence-electron chi connectivity index (χ3n) is 5.00. The summed E-state index contributed by atoms with van der Waals surface area (Å²) in [6.07, 6.45) is -7.55. The molecule has 0 aliphatic rings. The molecule has 0 saturated heterocycles. The van der Waals surface area contributed by atoms with Gasteiger partial charge < -0.3 is 10.0 Å². The van der Waals surface area contributed by atoms with Gasteiger partial charge in [-0.1, -0.05) is 20.8 Å². The van der Waals surface area contributed by atoms with Crippen molar-refractivity contribution in [2.45, 2.75) is 59.5 Å². The maximum atomic E-state index is 14.3. The van der Waals surface area contributed by atoms with E-state index in [1.54, 1.807) is 20.8 Å². The smallest absolute Gasteiger partial charge is 0.396 e. The number of rotatable bonds is 12. The second kappa shape index (κ2) is 12.1. The number of amides is 1. The molecule has 0 spiro atoms. The van der Waals surface area contributed by atoms with Gasteiger partial charge in [-0.3, -0.25) is 23.5 Å². The molecule has 14 heteroatoms. The number of fused-ring (bicyclic) bond motifs is 1. The van der Waals surface area contributed by atoms with Crippen LogP contribution in [0.25, 0.3) is 10.2 Å². The second-order valence-corrected chi connectivity index (χ2v) is 9.23. The Kier molecular flexibility index (Phi) is 9.98. The van der Waals surface area contributed by atoms with Crippen LogP contribution in [0.15, 0.2) is 9.59 Å². The summed E-state index contributed by atoms with van der Waals surface area (Å²) < 4.78 is 71.2. The van der Waals surface area contributed by atoms with Crippen molar-refractivity contribution < 1.29 is 36.6 Å². The van der Waals surface area contributed by atoms with Crippen LogP contribution in [0.1, 0.15) is 55.3 Å². The van der Waals surface area contributed by atoms with Crippen molar-refractivity contribution in [1.29, 1.82) is 0 Å². The highest BCUT2D eigenvalue weighted by Gasteiger charge is 2.33. The van der Waals surface area contributed by atoms with Crippen molar-refractivity contribution in [1.82, 2.24) is 14.0 Å². The number of aliphatic hydroxyl groups is 1. The summed E-state index contributed by atoms with van der Waals surface area (Å²) in [7, 11) is 0. The van der Waals surface area contributed by atoms with Crippen LogP contribution in [0.5, 0.6) is 0 Å². The molecule has 0 radical (unpaired) electrons. The number of thiophene rings is 1. The van der Waals surface area contributed by atoms with Gasteiger partial charge in [-0.15, -0.1) is 24.5 Å². The number of carbonyl (C=O) groups excluding carboxylic acids is 1. The first kappa shape index (κ1) is 28.9. The number of aromatic nitrogens is 2. The van der Waals surface area contributed by atoms with Gasteiger partial charge in [-0.25, -0.2) is 13.6 Å². The van der Waals surface area contributed by atoms with Crippen LogP contribution in [0.2, 0.25) is 0 Å². The molecular weight excluding hydrogens is 501 g/mol. The van der Waals surface area contributed by atoms with Gasteiger partial charge in [0.25, 0.3) is 17.9 Å². The van der Waals surface area contributed by atoms with Crippen molar-refractivity contribution in [3.05, 3.63) is 31.3 Å². The lowest BCUT2D eigenvalue weighted by molar-refractivity contribution is -0.325. The van der Waals surface area contributed by atoms with E-state index in [0.717, 1.165) is 4.57 Å². The largest absolute Gasteiger partial charge is 0.522 e. The molecule has 1 N–H and O–H groups in total. The highest BCUT2D eigenvalue weighted by Crippen LogP contribution is 2.36.